The summed E-state index contributed by atoms with van der Waals surface area (Å²) in [7, 11) is 0. The molecule has 0 aliphatic heterocycles. The molecule has 0 aromatic carbocycles. The van der Waals surface area contributed by atoms with Gasteiger partial charge >= 0.3 is 6.18 Å². The molecule has 0 amide bonds. The molecule has 0 aliphatic rings. The molecule has 0 atom stereocenters. The molecule has 0 aliphatic carbocycles. The SMILES string of the molecule is CC(C)(C)c1nn(-c2ccc(C(F)(F)F)cn2)c(N)c1Br. The molecule has 0 unspecified atom stereocenters. The first-order valence-corrected chi connectivity index (χ1v) is 6.89. The number of rotatable bonds is 1. The molecule has 4 nitrogen and oxygen atoms in total. The van der Waals surface area contributed by atoms with Gasteiger partial charge in [-0.2, -0.15) is 23.0 Å². The van der Waals surface area contributed by atoms with Crippen molar-refractivity contribution in [1.82, 2.24) is 14.8 Å². The highest BCUT2D eigenvalue weighted by Gasteiger charge is 2.31. The fourth-order valence-electron chi connectivity index (χ4n) is 1.74. The average Bonchev–Trinajstić information content (AvgIpc) is 2.65. The van der Waals surface area contributed by atoms with Gasteiger partial charge in [-0.3, -0.25) is 0 Å². The van der Waals surface area contributed by atoms with Crippen LogP contribution >= 0.6 is 15.9 Å². The molecule has 2 aromatic rings. The number of pyridine rings is 1. The number of nitrogens with two attached hydrogens (primary N) is 1. The van der Waals surface area contributed by atoms with Crippen LogP contribution in [0.3, 0.4) is 0 Å². The first-order valence-electron chi connectivity index (χ1n) is 6.10. The topological polar surface area (TPSA) is 56.7 Å². The fourth-order valence-corrected chi connectivity index (χ4v) is 2.59. The van der Waals surface area contributed by atoms with Crippen LogP contribution in [0.25, 0.3) is 5.82 Å². The highest BCUT2D eigenvalue weighted by molar-refractivity contribution is 9.10. The van der Waals surface area contributed by atoms with Gasteiger partial charge in [0, 0.05) is 11.6 Å². The largest absolute Gasteiger partial charge is 0.417 e. The van der Waals surface area contributed by atoms with Crippen LogP contribution in [0.2, 0.25) is 0 Å². The van der Waals surface area contributed by atoms with Gasteiger partial charge in [0.15, 0.2) is 5.82 Å². The Morgan fingerprint density at radius 2 is 1.81 bits per heavy atom. The van der Waals surface area contributed by atoms with Crippen molar-refractivity contribution in [2.75, 3.05) is 5.73 Å². The van der Waals surface area contributed by atoms with Crippen molar-refractivity contribution in [3.63, 3.8) is 0 Å². The number of hydrogen-bond donors (Lipinski definition) is 1. The molecule has 0 spiro atoms. The molecular weight excluding hydrogens is 349 g/mol. The van der Waals surface area contributed by atoms with Gasteiger partial charge in [-0.1, -0.05) is 20.8 Å². The highest BCUT2D eigenvalue weighted by atomic mass is 79.9. The van der Waals surface area contributed by atoms with Crippen molar-refractivity contribution in [3.8, 4) is 5.82 Å². The minimum absolute atomic E-state index is 0.233. The molecule has 2 heterocycles. The predicted molar refractivity (Wildman–Crippen MR) is 77.2 cm³/mol. The maximum atomic E-state index is 12.5. The van der Waals surface area contributed by atoms with Gasteiger partial charge in [0.1, 0.15) is 5.82 Å². The van der Waals surface area contributed by atoms with E-state index in [9.17, 15) is 13.2 Å². The molecule has 0 bridgehead atoms. The zero-order valence-corrected chi connectivity index (χ0v) is 13.2. The van der Waals surface area contributed by atoms with E-state index in [1.54, 1.807) is 0 Å². The molecule has 0 fully saturated rings. The van der Waals surface area contributed by atoms with Crippen LogP contribution in [0.1, 0.15) is 32.0 Å². The van der Waals surface area contributed by atoms with Crippen molar-refractivity contribution >= 4 is 21.7 Å². The molecule has 2 rings (SSSR count). The summed E-state index contributed by atoms with van der Waals surface area (Å²) < 4.78 is 39.5. The number of hydrogen-bond acceptors (Lipinski definition) is 3. The Labute approximate surface area is 128 Å². The van der Waals surface area contributed by atoms with E-state index in [2.05, 4.69) is 26.0 Å². The standard InChI is InChI=1S/C13H14BrF3N4/c1-12(2,3)10-9(14)11(18)21(20-10)8-5-4-7(6-19-8)13(15,16)17/h4-6H,18H2,1-3H3. The van der Waals surface area contributed by atoms with Gasteiger partial charge in [0.2, 0.25) is 0 Å². The van der Waals surface area contributed by atoms with Crippen molar-refractivity contribution < 1.29 is 13.2 Å². The fraction of sp³-hybridized carbons (Fsp3) is 0.385. The molecule has 8 heteroatoms. The van der Waals surface area contributed by atoms with Crippen molar-refractivity contribution in [3.05, 3.63) is 34.1 Å². The Balaban J connectivity index is 2.48. The molecule has 21 heavy (non-hydrogen) atoms. The van der Waals surface area contributed by atoms with Gasteiger partial charge in [-0.15, -0.1) is 0 Å². The summed E-state index contributed by atoms with van der Waals surface area (Å²) in [5, 5.41) is 4.34. The molecule has 0 radical (unpaired) electrons. The summed E-state index contributed by atoms with van der Waals surface area (Å²) >= 11 is 3.36. The van der Waals surface area contributed by atoms with Gasteiger partial charge < -0.3 is 5.73 Å². The second-order valence-corrected chi connectivity index (χ2v) is 6.41. The lowest BCUT2D eigenvalue weighted by Gasteiger charge is -2.15. The Bertz CT molecular complexity index is 654. The number of nitrogens with zero attached hydrogens (tertiary/aromatic N) is 3. The van der Waals surface area contributed by atoms with Crippen LogP contribution in [0.4, 0.5) is 19.0 Å². The maximum Gasteiger partial charge on any atom is 0.417 e. The van der Waals surface area contributed by atoms with Crippen LogP contribution in [0.15, 0.2) is 22.8 Å². The van der Waals surface area contributed by atoms with E-state index >= 15 is 0 Å². The zero-order valence-electron chi connectivity index (χ0n) is 11.7. The maximum absolute atomic E-state index is 12.5. The third-order valence-corrected chi connectivity index (χ3v) is 3.65. The Kier molecular flexibility index (Phi) is 3.77. The molecule has 0 saturated heterocycles. The van der Waals surface area contributed by atoms with E-state index in [-0.39, 0.29) is 11.2 Å². The van der Waals surface area contributed by atoms with Crippen molar-refractivity contribution in [1.29, 1.82) is 0 Å². The minimum Gasteiger partial charge on any atom is -0.383 e. The van der Waals surface area contributed by atoms with Gasteiger partial charge in [0.25, 0.3) is 0 Å². The van der Waals surface area contributed by atoms with Gasteiger partial charge in [0.05, 0.1) is 15.7 Å². The quantitative estimate of drug-likeness (QED) is 0.835. The summed E-state index contributed by atoms with van der Waals surface area (Å²) in [5.74, 6) is 0.531. The third kappa shape index (κ3) is 3.04. The van der Waals surface area contributed by atoms with Crippen LogP contribution in [-0.2, 0) is 11.6 Å². The molecule has 2 N–H and O–H groups in total. The van der Waals surface area contributed by atoms with Crippen LogP contribution < -0.4 is 5.73 Å². The summed E-state index contributed by atoms with van der Waals surface area (Å²) in [4.78, 5) is 3.79. The van der Waals surface area contributed by atoms with Crippen molar-refractivity contribution in [2.45, 2.75) is 32.4 Å². The zero-order chi connectivity index (χ0) is 16.0. The Hall–Kier alpha value is -1.57. The van der Waals surface area contributed by atoms with Crippen LogP contribution in [-0.4, -0.2) is 14.8 Å². The van der Waals surface area contributed by atoms with Crippen LogP contribution in [0.5, 0.6) is 0 Å². The first-order chi connectivity index (χ1) is 9.51. The van der Waals surface area contributed by atoms with E-state index in [4.69, 9.17) is 5.73 Å². The molecular formula is C13H14BrF3N4. The Morgan fingerprint density at radius 1 is 1.19 bits per heavy atom. The monoisotopic (exact) mass is 362 g/mol. The number of halogens is 4. The third-order valence-electron chi connectivity index (χ3n) is 2.86. The number of anilines is 1. The van der Waals surface area contributed by atoms with Gasteiger partial charge in [-0.05, 0) is 28.1 Å². The molecule has 2 aromatic heterocycles. The lowest BCUT2D eigenvalue weighted by molar-refractivity contribution is -0.137. The van der Waals surface area contributed by atoms with E-state index in [1.807, 2.05) is 20.8 Å². The van der Waals surface area contributed by atoms with Crippen LogP contribution in [0, 0.1) is 0 Å². The van der Waals surface area contributed by atoms with E-state index in [1.165, 1.54) is 10.7 Å². The minimum atomic E-state index is -4.42. The summed E-state index contributed by atoms with van der Waals surface area (Å²) in [6, 6.07) is 2.19. The average molecular weight is 363 g/mol. The van der Waals surface area contributed by atoms with Crippen molar-refractivity contribution in [2.24, 2.45) is 0 Å². The van der Waals surface area contributed by atoms with Gasteiger partial charge in [-0.25, -0.2) is 4.98 Å². The number of alkyl halides is 3. The van der Waals surface area contributed by atoms with E-state index < -0.39 is 11.7 Å². The lowest BCUT2D eigenvalue weighted by atomic mass is 9.92. The summed E-state index contributed by atoms with van der Waals surface area (Å²) in [5.41, 5.74) is 5.58. The van der Waals surface area contributed by atoms with E-state index in [0.29, 0.717) is 16.0 Å². The second-order valence-electron chi connectivity index (χ2n) is 5.61. The molecule has 114 valence electrons. The Morgan fingerprint density at radius 3 is 2.19 bits per heavy atom. The molecule has 0 saturated carbocycles. The highest BCUT2D eigenvalue weighted by Crippen LogP contribution is 2.34. The number of nitrogen functional groups attached to an aromatic ring is 1. The number of aromatic nitrogens is 3. The second kappa shape index (κ2) is 5.01. The summed E-state index contributed by atoms with van der Waals surface area (Å²) in [6.45, 7) is 5.89. The van der Waals surface area contributed by atoms with E-state index in [0.717, 1.165) is 12.3 Å². The normalized spacial score (nSPS) is 12.7. The smallest absolute Gasteiger partial charge is 0.383 e. The predicted octanol–water partition coefficient (Wildman–Crippen LogP) is 3.93. The summed E-state index contributed by atoms with van der Waals surface area (Å²) in [6.07, 6.45) is -3.65. The first kappa shape index (κ1) is 15.8. The lowest BCUT2D eigenvalue weighted by Crippen LogP contribution is -2.13.